The molecule has 0 spiro atoms. The van der Waals surface area contributed by atoms with Crippen LogP contribution in [0.15, 0.2) is 72.8 Å². The number of para-hydroxylation sites is 2. The van der Waals surface area contributed by atoms with Crippen LogP contribution in [0.1, 0.15) is 12.0 Å². The standard InChI is InChI=1S/C25H25ClN2O4/c1-30-23-7-2-3-8-24(23)31-22-6-4-5-18(15-22)16-28-14-13-20(17-28)27-25(29)32-21-11-9-19(26)10-12-21/h2-12,15,20H,13-14,16-17H2,1H3,(H,27,29)/t20-/m1/s1. The number of amides is 1. The Morgan fingerprint density at radius 2 is 1.81 bits per heavy atom. The first-order chi connectivity index (χ1) is 15.6. The van der Waals surface area contributed by atoms with E-state index in [2.05, 4.69) is 16.3 Å². The number of carbonyl (C=O) groups is 1. The number of carbonyl (C=O) groups excluding carboxylic acids is 1. The van der Waals surface area contributed by atoms with Crippen molar-refractivity contribution in [1.29, 1.82) is 0 Å². The fourth-order valence-electron chi connectivity index (χ4n) is 3.70. The lowest BCUT2D eigenvalue weighted by Crippen LogP contribution is -2.38. The van der Waals surface area contributed by atoms with Crippen molar-refractivity contribution in [1.82, 2.24) is 10.2 Å². The minimum absolute atomic E-state index is 0.0443. The number of methoxy groups -OCH3 is 1. The Bertz CT molecular complexity index is 1060. The molecule has 1 fully saturated rings. The molecule has 0 saturated carbocycles. The van der Waals surface area contributed by atoms with Crippen LogP contribution in [-0.4, -0.2) is 37.2 Å². The highest BCUT2D eigenvalue weighted by Gasteiger charge is 2.24. The highest BCUT2D eigenvalue weighted by atomic mass is 35.5. The number of hydrogen-bond acceptors (Lipinski definition) is 5. The molecule has 1 aliphatic rings. The number of benzene rings is 3. The fourth-order valence-corrected chi connectivity index (χ4v) is 3.82. The molecule has 6 nitrogen and oxygen atoms in total. The van der Waals surface area contributed by atoms with Crippen LogP contribution in [0.5, 0.6) is 23.0 Å². The van der Waals surface area contributed by atoms with Gasteiger partial charge in [-0.15, -0.1) is 0 Å². The summed E-state index contributed by atoms with van der Waals surface area (Å²) in [7, 11) is 1.63. The van der Waals surface area contributed by atoms with Crippen molar-refractivity contribution < 1.29 is 19.0 Å². The Balaban J connectivity index is 1.29. The van der Waals surface area contributed by atoms with Gasteiger partial charge in [0.15, 0.2) is 11.5 Å². The van der Waals surface area contributed by atoms with Crippen molar-refractivity contribution in [3.05, 3.63) is 83.4 Å². The highest BCUT2D eigenvalue weighted by Crippen LogP contribution is 2.31. The summed E-state index contributed by atoms with van der Waals surface area (Å²) in [5.74, 6) is 2.59. The molecule has 1 amide bonds. The monoisotopic (exact) mass is 452 g/mol. The zero-order valence-electron chi connectivity index (χ0n) is 17.8. The molecule has 166 valence electrons. The fraction of sp³-hybridized carbons (Fsp3) is 0.240. The van der Waals surface area contributed by atoms with Crippen LogP contribution < -0.4 is 19.5 Å². The lowest BCUT2D eigenvalue weighted by atomic mass is 10.2. The topological polar surface area (TPSA) is 60.0 Å². The van der Waals surface area contributed by atoms with E-state index in [4.69, 9.17) is 25.8 Å². The summed E-state index contributed by atoms with van der Waals surface area (Å²) in [6, 6.07) is 22.3. The van der Waals surface area contributed by atoms with Gasteiger partial charge < -0.3 is 19.5 Å². The number of nitrogens with one attached hydrogen (secondary N) is 1. The molecule has 1 aliphatic heterocycles. The molecule has 1 heterocycles. The number of rotatable bonds is 7. The summed E-state index contributed by atoms with van der Waals surface area (Å²) >= 11 is 5.86. The number of likely N-dealkylation sites (tertiary alicyclic amines) is 1. The Morgan fingerprint density at radius 1 is 1.03 bits per heavy atom. The van der Waals surface area contributed by atoms with E-state index in [1.165, 1.54) is 0 Å². The summed E-state index contributed by atoms with van der Waals surface area (Å²) in [6.07, 6.45) is 0.416. The number of hydrogen-bond donors (Lipinski definition) is 1. The molecule has 3 aromatic rings. The molecule has 0 aromatic heterocycles. The number of nitrogens with zero attached hydrogens (tertiary/aromatic N) is 1. The van der Waals surface area contributed by atoms with Crippen molar-refractivity contribution in [2.45, 2.75) is 19.0 Å². The quantitative estimate of drug-likeness (QED) is 0.512. The van der Waals surface area contributed by atoms with Gasteiger partial charge in [-0.3, -0.25) is 4.90 Å². The third kappa shape index (κ3) is 5.93. The smallest absolute Gasteiger partial charge is 0.412 e. The van der Waals surface area contributed by atoms with Crippen molar-refractivity contribution in [2.75, 3.05) is 20.2 Å². The highest BCUT2D eigenvalue weighted by molar-refractivity contribution is 6.30. The van der Waals surface area contributed by atoms with E-state index in [9.17, 15) is 4.79 Å². The minimum atomic E-state index is -0.452. The minimum Gasteiger partial charge on any atom is -0.493 e. The molecule has 0 unspecified atom stereocenters. The molecule has 0 aliphatic carbocycles. The van der Waals surface area contributed by atoms with Gasteiger partial charge in [0.1, 0.15) is 11.5 Å². The second-order valence-corrected chi connectivity index (χ2v) is 8.05. The van der Waals surface area contributed by atoms with E-state index in [1.54, 1.807) is 31.4 Å². The van der Waals surface area contributed by atoms with Crippen LogP contribution in [0.4, 0.5) is 4.79 Å². The van der Waals surface area contributed by atoms with E-state index < -0.39 is 6.09 Å². The molecule has 3 aromatic carbocycles. The lowest BCUT2D eigenvalue weighted by Gasteiger charge is -2.17. The number of ether oxygens (including phenoxy) is 3. The van der Waals surface area contributed by atoms with E-state index in [0.29, 0.717) is 22.3 Å². The van der Waals surface area contributed by atoms with Gasteiger partial charge in [-0.2, -0.15) is 0 Å². The molecular weight excluding hydrogens is 428 g/mol. The van der Waals surface area contributed by atoms with E-state index in [-0.39, 0.29) is 6.04 Å². The molecule has 1 saturated heterocycles. The second kappa shape index (κ2) is 10.4. The summed E-state index contributed by atoms with van der Waals surface area (Å²) in [5, 5.41) is 3.54. The van der Waals surface area contributed by atoms with Crippen LogP contribution in [-0.2, 0) is 6.54 Å². The Kier molecular flexibility index (Phi) is 7.14. The molecule has 0 radical (unpaired) electrons. The molecule has 32 heavy (non-hydrogen) atoms. The first kappa shape index (κ1) is 22.0. The summed E-state index contributed by atoms with van der Waals surface area (Å²) in [6.45, 7) is 2.42. The molecule has 7 heteroatoms. The van der Waals surface area contributed by atoms with E-state index in [1.807, 2.05) is 42.5 Å². The molecule has 1 N–H and O–H groups in total. The average Bonchev–Trinajstić information content (AvgIpc) is 3.22. The maximum absolute atomic E-state index is 12.2. The zero-order chi connectivity index (χ0) is 22.3. The summed E-state index contributed by atoms with van der Waals surface area (Å²) < 4.78 is 16.7. The lowest BCUT2D eigenvalue weighted by molar-refractivity contribution is 0.195. The average molecular weight is 453 g/mol. The third-order valence-corrected chi connectivity index (χ3v) is 5.47. The molecule has 4 rings (SSSR count). The van der Waals surface area contributed by atoms with Gasteiger partial charge in [0.2, 0.25) is 0 Å². The van der Waals surface area contributed by atoms with Crippen molar-refractivity contribution in [2.24, 2.45) is 0 Å². The van der Waals surface area contributed by atoms with Crippen molar-refractivity contribution in [3.8, 4) is 23.0 Å². The van der Waals surface area contributed by atoms with Crippen LogP contribution in [0.2, 0.25) is 5.02 Å². The predicted octanol–water partition coefficient (Wildman–Crippen LogP) is 5.50. The molecule has 1 atom stereocenters. The van der Waals surface area contributed by atoms with Crippen molar-refractivity contribution >= 4 is 17.7 Å². The van der Waals surface area contributed by atoms with Crippen LogP contribution in [0.3, 0.4) is 0 Å². The van der Waals surface area contributed by atoms with E-state index >= 15 is 0 Å². The van der Waals surface area contributed by atoms with Crippen LogP contribution >= 0.6 is 11.6 Å². The van der Waals surface area contributed by atoms with Crippen LogP contribution in [0.25, 0.3) is 0 Å². The maximum Gasteiger partial charge on any atom is 0.412 e. The van der Waals surface area contributed by atoms with Gasteiger partial charge in [-0.05, 0) is 60.5 Å². The van der Waals surface area contributed by atoms with Gasteiger partial charge in [-0.1, -0.05) is 35.9 Å². The summed E-state index contributed by atoms with van der Waals surface area (Å²) in [4.78, 5) is 14.5. The van der Waals surface area contributed by atoms with Crippen LogP contribution in [0, 0.1) is 0 Å². The predicted molar refractivity (Wildman–Crippen MR) is 124 cm³/mol. The van der Waals surface area contributed by atoms with Gasteiger partial charge >= 0.3 is 6.09 Å². The molecular formula is C25H25ClN2O4. The second-order valence-electron chi connectivity index (χ2n) is 7.61. The summed E-state index contributed by atoms with van der Waals surface area (Å²) in [5.41, 5.74) is 1.14. The van der Waals surface area contributed by atoms with Gasteiger partial charge in [0.25, 0.3) is 0 Å². The first-order valence-electron chi connectivity index (χ1n) is 10.4. The SMILES string of the molecule is COc1ccccc1Oc1cccc(CN2CC[C@@H](NC(=O)Oc3ccc(Cl)cc3)C2)c1. The van der Waals surface area contributed by atoms with E-state index in [0.717, 1.165) is 37.4 Å². The maximum atomic E-state index is 12.2. The first-order valence-corrected chi connectivity index (χ1v) is 10.8. The third-order valence-electron chi connectivity index (χ3n) is 5.22. The largest absolute Gasteiger partial charge is 0.493 e. The van der Waals surface area contributed by atoms with Crippen molar-refractivity contribution in [3.63, 3.8) is 0 Å². The zero-order valence-corrected chi connectivity index (χ0v) is 18.5. The molecule has 0 bridgehead atoms. The van der Waals surface area contributed by atoms with Gasteiger partial charge in [0.05, 0.1) is 7.11 Å². The van der Waals surface area contributed by atoms with Gasteiger partial charge in [0, 0.05) is 30.7 Å². The number of halogens is 1. The van der Waals surface area contributed by atoms with Gasteiger partial charge in [-0.25, -0.2) is 4.79 Å². The Labute approximate surface area is 192 Å². The Hall–Kier alpha value is -3.22. The normalized spacial score (nSPS) is 15.9. The Morgan fingerprint density at radius 3 is 2.59 bits per heavy atom.